The van der Waals surface area contributed by atoms with Crippen molar-refractivity contribution < 1.29 is 9.90 Å². The van der Waals surface area contributed by atoms with Crippen molar-refractivity contribution in [2.45, 2.75) is 31.8 Å². The van der Waals surface area contributed by atoms with Crippen LogP contribution in [0.2, 0.25) is 5.02 Å². The fourth-order valence-corrected chi connectivity index (χ4v) is 2.63. The number of aliphatic hydroxyl groups excluding tert-OH is 1. The second kappa shape index (κ2) is 9.25. The van der Waals surface area contributed by atoms with E-state index in [1.54, 1.807) is 12.3 Å². The number of benzene rings is 1. The number of urea groups is 1. The number of aliphatic hydroxyl groups is 1. The van der Waals surface area contributed by atoms with Crippen molar-refractivity contribution in [3.8, 4) is 0 Å². The van der Waals surface area contributed by atoms with E-state index in [1.165, 1.54) is 0 Å². The van der Waals surface area contributed by atoms with Crippen molar-refractivity contribution in [1.82, 2.24) is 15.6 Å². The monoisotopic (exact) mass is 347 g/mol. The first-order valence-electron chi connectivity index (χ1n) is 7.94. The maximum absolute atomic E-state index is 12.3. The van der Waals surface area contributed by atoms with E-state index >= 15 is 0 Å². The van der Waals surface area contributed by atoms with E-state index in [4.69, 9.17) is 16.7 Å². The predicted molar refractivity (Wildman–Crippen MR) is 95.0 cm³/mol. The molecule has 0 fully saturated rings. The van der Waals surface area contributed by atoms with E-state index in [2.05, 4.69) is 15.6 Å². The van der Waals surface area contributed by atoms with Crippen LogP contribution in [0.5, 0.6) is 0 Å². The minimum atomic E-state index is -0.394. The fraction of sp³-hybridized carbons (Fsp3) is 0.333. The Balaban J connectivity index is 2.14. The van der Waals surface area contributed by atoms with Gasteiger partial charge in [-0.3, -0.25) is 4.98 Å². The van der Waals surface area contributed by atoms with E-state index in [1.807, 2.05) is 43.3 Å². The first-order chi connectivity index (χ1) is 11.6. The SMILES string of the molecule is CC(CCCO)NC(=O)NC(c1cccc(Cl)c1)c1ccccn1. The van der Waals surface area contributed by atoms with E-state index in [9.17, 15) is 4.79 Å². The van der Waals surface area contributed by atoms with Gasteiger partial charge < -0.3 is 15.7 Å². The van der Waals surface area contributed by atoms with Crippen molar-refractivity contribution in [2.24, 2.45) is 0 Å². The molecule has 0 aliphatic rings. The zero-order valence-corrected chi connectivity index (χ0v) is 14.3. The molecule has 1 heterocycles. The van der Waals surface area contributed by atoms with Gasteiger partial charge in [0, 0.05) is 23.9 Å². The Bertz CT molecular complexity index is 652. The average Bonchev–Trinajstić information content (AvgIpc) is 2.58. The number of hydrogen-bond acceptors (Lipinski definition) is 3. The highest BCUT2D eigenvalue weighted by molar-refractivity contribution is 6.30. The van der Waals surface area contributed by atoms with Crippen LogP contribution in [-0.4, -0.2) is 28.8 Å². The summed E-state index contributed by atoms with van der Waals surface area (Å²) in [6, 6.07) is 12.2. The Morgan fingerprint density at radius 2 is 2.08 bits per heavy atom. The van der Waals surface area contributed by atoms with Crippen LogP contribution in [0.4, 0.5) is 4.79 Å². The summed E-state index contributed by atoms with van der Waals surface area (Å²) >= 11 is 6.08. The molecule has 128 valence electrons. The number of carbonyl (C=O) groups is 1. The lowest BCUT2D eigenvalue weighted by atomic mass is 10.0. The molecule has 0 aliphatic carbocycles. The van der Waals surface area contributed by atoms with Crippen molar-refractivity contribution in [1.29, 1.82) is 0 Å². The molecule has 0 spiro atoms. The zero-order valence-electron chi connectivity index (χ0n) is 13.6. The lowest BCUT2D eigenvalue weighted by molar-refractivity contribution is 0.232. The number of halogens is 1. The maximum atomic E-state index is 12.3. The predicted octanol–water partition coefficient (Wildman–Crippen LogP) is 3.28. The smallest absolute Gasteiger partial charge is 0.315 e. The summed E-state index contributed by atoms with van der Waals surface area (Å²) in [5.41, 5.74) is 1.59. The second-order valence-electron chi connectivity index (χ2n) is 5.63. The molecule has 0 saturated heterocycles. The van der Waals surface area contributed by atoms with E-state index in [0.717, 1.165) is 17.7 Å². The lowest BCUT2D eigenvalue weighted by Crippen LogP contribution is -2.42. The number of carbonyl (C=O) groups excluding carboxylic acids is 1. The first-order valence-corrected chi connectivity index (χ1v) is 8.32. The van der Waals surface area contributed by atoms with Crippen LogP contribution in [0.25, 0.3) is 0 Å². The molecule has 2 atom stereocenters. The van der Waals surface area contributed by atoms with Crippen molar-refractivity contribution >= 4 is 17.6 Å². The third-order valence-corrected chi connectivity index (χ3v) is 3.85. The average molecular weight is 348 g/mol. The third-order valence-electron chi connectivity index (χ3n) is 3.61. The molecule has 2 amide bonds. The highest BCUT2D eigenvalue weighted by Gasteiger charge is 2.19. The van der Waals surface area contributed by atoms with Gasteiger partial charge in [-0.15, -0.1) is 0 Å². The topological polar surface area (TPSA) is 74.2 Å². The molecule has 0 radical (unpaired) electrons. The van der Waals surface area contributed by atoms with Crippen LogP contribution in [0.3, 0.4) is 0 Å². The largest absolute Gasteiger partial charge is 0.396 e. The normalized spacial score (nSPS) is 13.1. The van der Waals surface area contributed by atoms with Crippen LogP contribution in [0.15, 0.2) is 48.7 Å². The van der Waals surface area contributed by atoms with Gasteiger partial charge in [-0.2, -0.15) is 0 Å². The number of amides is 2. The molecule has 6 heteroatoms. The minimum absolute atomic E-state index is 0.0270. The number of hydrogen-bond donors (Lipinski definition) is 3. The van der Waals surface area contributed by atoms with Gasteiger partial charge in [-0.05, 0) is 49.6 Å². The molecule has 0 aliphatic heterocycles. The molecule has 0 saturated carbocycles. The Morgan fingerprint density at radius 1 is 1.25 bits per heavy atom. The fourth-order valence-electron chi connectivity index (χ4n) is 2.43. The second-order valence-corrected chi connectivity index (χ2v) is 6.06. The summed E-state index contributed by atoms with van der Waals surface area (Å²) in [4.78, 5) is 16.7. The summed E-state index contributed by atoms with van der Waals surface area (Å²) in [6.07, 6.45) is 3.06. The molecule has 0 bridgehead atoms. The molecule has 2 rings (SSSR count). The number of rotatable bonds is 7. The van der Waals surface area contributed by atoms with Crippen molar-refractivity contribution in [3.63, 3.8) is 0 Å². The van der Waals surface area contributed by atoms with Gasteiger partial charge >= 0.3 is 6.03 Å². The zero-order chi connectivity index (χ0) is 17.4. The van der Waals surface area contributed by atoms with Gasteiger partial charge in [0.15, 0.2) is 0 Å². The molecule has 2 unspecified atom stereocenters. The minimum Gasteiger partial charge on any atom is -0.396 e. The van der Waals surface area contributed by atoms with Gasteiger partial charge in [-0.25, -0.2) is 4.79 Å². The summed E-state index contributed by atoms with van der Waals surface area (Å²) in [5, 5.41) is 15.3. The van der Waals surface area contributed by atoms with Crippen molar-refractivity contribution in [2.75, 3.05) is 6.61 Å². The lowest BCUT2D eigenvalue weighted by Gasteiger charge is -2.21. The molecule has 1 aromatic heterocycles. The number of pyridine rings is 1. The van der Waals surface area contributed by atoms with Gasteiger partial charge in [0.1, 0.15) is 0 Å². The Morgan fingerprint density at radius 3 is 2.75 bits per heavy atom. The third kappa shape index (κ3) is 5.51. The maximum Gasteiger partial charge on any atom is 0.315 e. The van der Waals surface area contributed by atoms with E-state index in [0.29, 0.717) is 11.4 Å². The van der Waals surface area contributed by atoms with E-state index in [-0.39, 0.29) is 18.7 Å². The van der Waals surface area contributed by atoms with Crippen molar-refractivity contribution in [3.05, 3.63) is 64.9 Å². The van der Waals surface area contributed by atoms with Crippen LogP contribution >= 0.6 is 11.6 Å². The summed E-state index contributed by atoms with van der Waals surface area (Å²) < 4.78 is 0. The van der Waals surface area contributed by atoms with E-state index < -0.39 is 6.04 Å². The van der Waals surface area contributed by atoms with Crippen LogP contribution in [-0.2, 0) is 0 Å². The van der Waals surface area contributed by atoms with Crippen LogP contribution in [0.1, 0.15) is 37.1 Å². The van der Waals surface area contributed by atoms with Gasteiger partial charge in [-0.1, -0.05) is 29.8 Å². The molecular formula is C18H22ClN3O2. The summed E-state index contributed by atoms with van der Waals surface area (Å²) in [7, 11) is 0. The van der Waals surface area contributed by atoms with Gasteiger partial charge in [0.05, 0.1) is 11.7 Å². The van der Waals surface area contributed by atoms with Crippen LogP contribution < -0.4 is 10.6 Å². The highest BCUT2D eigenvalue weighted by atomic mass is 35.5. The number of nitrogens with one attached hydrogen (secondary N) is 2. The Hall–Kier alpha value is -2.11. The molecule has 24 heavy (non-hydrogen) atoms. The molecule has 1 aromatic carbocycles. The quantitative estimate of drug-likeness (QED) is 0.719. The number of aromatic nitrogens is 1. The summed E-state index contributed by atoms with van der Waals surface area (Å²) in [6.45, 7) is 2.02. The Kier molecular flexibility index (Phi) is 7.03. The first kappa shape index (κ1) is 18.2. The molecule has 5 nitrogen and oxygen atoms in total. The van der Waals surface area contributed by atoms with Crippen LogP contribution in [0, 0.1) is 0 Å². The summed E-state index contributed by atoms with van der Waals surface area (Å²) in [5.74, 6) is 0. The Labute approximate surface area is 147 Å². The highest BCUT2D eigenvalue weighted by Crippen LogP contribution is 2.23. The molecular weight excluding hydrogens is 326 g/mol. The molecule has 2 aromatic rings. The van der Waals surface area contributed by atoms with Gasteiger partial charge in [0.2, 0.25) is 0 Å². The number of nitrogens with zero attached hydrogens (tertiary/aromatic N) is 1. The van der Waals surface area contributed by atoms with Gasteiger partial charge in [0.25, 0.3) is 0 Å². The standard InChI is InChI=1S/C18H22ClN3O2/c1-13(6-5-11-23)21-18(24)22-17(16-9-2-3-10-20-16)14-7-4-8-15(19)12-14/h2-4,7-10,12-13,17,23H,5-6,11H2,1H3,(H2,21,22,24). The molecule has 3 N–H and O–H groups in total.